The molecule has 0 spiro atoms. The third-order valence-electron chi connectivity index (χ3n) is 2.28. The number of halogens is 1. The molecule has 0 atom stereocenters. The zero-order valence-corrected chi connectivity index (χ0v) is 9.44. The first-order valence-electron chi connectivity index (χ1n) is 5.04. The van der Waals surface area contributed by atoms with Gasteiger partial charge in [0.1, 0.15) is 5.82 Å². The Balaban J connectivity index is 2.55. The van der Waals surface area contributed by atoms with Crippen LogP contribution in [0.1, 0.15) is 10.4 Å². The molecule has 1 aromatic heterocycles. The molecule has 6 heteroatoms. The Morgan fingerprint density at radius 1 is 1.33 bits per heavy atom. The van der Waals surface area contributed by atoms with Gasteiger partial charge in [-0.3, -0.25) is 9.78 Å². The first-order chi connectivity index (χ1) is 8.60. The zero-order valence-electron chi connectivity index (χ0n) is 9.44. The number of ether oxygens (including phenoxy) is 1. The average Bonchev–Trinajstić information content (AvgIpc) is 2.37. The Morgan fingerprint density at radius 3 is 2.78 bits per heavy atom. The van der Waals surface area contributed by atoms with Gasteiger partial charge >= 0.3 is 5.97 Å². The van der Waals surface area contributed by atoms with Crippen molar-refractivity contribution in [1.29, 1.82) is 0 Å². The average molecular weight is 248 g/mol. The van der Waals surface area contributed by atoms with Gasteiger partial charge in [0.05, 0.1) is 30.8 Å². The maximum atomic E-state index is 13.4. The van der Waals surface area contributed by atoms with Crippen LogP contribution in [0.15, 0.2) is 35.4 Å². The van der Waals surface area contributed by atoms with Gasteiger partial charge in [0, 0.05) is 5.56 Å². The summed E-state index contributed by atoms with van der Waals surface area (Å²) in [5.74, 6) is -1.25. The molecule has 0 saturated carbocycles. The Hall–Kier alpha value is -2.50. The van der Waals surface area contributed by atoms with Gasteiger partial charge in [-0.2, -0.15) is 0 Å². The number of hydrogen-bond donors (Lipinski definition) is 1. The lowest BCUT2D eigenvalue weighted by molar-refractivity contribution is 0.0600. The number of hydrogen-bond acceptors (Lipinski definition) is 4. The number of H-pyrrole nitrogens is 1. The van der Waals surface area contributed by atoms with Gasteiger partial charge in [0.25, 0.3) is 5.56 Å². The van der Waals surface area contributed by atoms with Crippen molar-refractivity contribution in [2.24, 2.45) is 0 Å². The van der Waals surface area contributed by atoms with Crippen LogP contribution in [0.5, 0.6) is 0 Å². The van der Waals surface area contributed by atoms with E-state index >= 15 is 0 Å². The van der Waals surface area contributed by atoms with E-state index in [0.29, 0.717) is 11.3 Å². The van der Waals surface area contributed by atoms with Gasteiger partial charge in [-0.1, -0.05) is 0 Å². The summed E-state index contributed by atoms with van der Waals surface area (Å²) in [6.45, 7) is 0. The number of rotatable bonds is 2. The van der Waals surface area contributed by atoms with Gasteiger partial charge < -0.3 is 9.72 Å². The molecule has 0 aliphatic carbocycles. The molecular weight excluding hydrogens is 239 g/mol. The number of nitrogens with one attached hydrogen (secondary N) is 1. The third-order valence-corrected chi connectivity index (χ3v) is 2.28. The predicted octanol–water partition coefficient (Wildman–Crippen LogP) is 1.36. The van der Waals surface area contributed by atoms with Crippen molar-refractivity contribution in [1.82, 2.24) is 9.97 Å². The molecule has 0 bridgehead atoms. The largest absolute Gasteiger partial charge is 0.465 e. The van der Waals surface area contributed by atoms with Crippen LogP contribution in [-0.4, -0.2) is 23.0 Å². The molecule has 2 aromatic rings. The SMILES string of the molecule is COC(=O)c1cc(F)cc(-c2cncc(=O)[nH]2)c1. The van der Waals surface area contributed by atoms with Crippen LogP contribution in [0.3, 0.4) is 0 Å². The quantitative estimate of drug-likeness (QED) is 0.814. The van der Waals surface area contributed by atoms with Crippen LogP contribution in [0, 0.1) is 5.82 Å². The molecule has 0 radical (unpaired) electrons. The standard InChI is InChI=1S/C12H9FN2O3/c1-18-12(17)8-2-7(3-9(13)4-8)10-5-14-6-11(16)15-10/h2-6H,1H3,(H,15,16). The van der Waals surface area contributed by atoms with E-state index in [-0.39, 0.29) is 5.56 Å². The minimum atomic E-state index is -0.651. The van der Waals surface area contributed by atoms with Crippen molar-refractivity contribution in [2.45, 2.75) is 0 Å². The summed E-state index contributed by atoms with van der Waals surface area (Å²) in [7, 11) is 1.21. The summed E-state index contributed by atoms with van der Waals surface area (Å²) in [5.41, 5.74) is 0.335. The lowest BCUT2D eigenvalue weighted by Crippen LogP contribution is -2.07. The summed E-state index contributed by atoms with van der Waals surface area (Å²) in [6.07, 6.45) is 2.47. The first kappa shape index (κ1) is 12.0. The number of benzene rings is 1. The maximum absolute atomic E-state index is 13.4. The van der Waals surface area contributed by atoms with Crippen LogP contribution >= 0.6 is 0 Å². The molecule has 5 nitrogen and oxygen atoms in total. The number of esters is 1. The van der Waals surface area contributed by atoms with Crippen LogP contribution < -0.4 is 5.56 Å². The fourth-order valence-corrected chi connectivity index (χ4v) is 1.50. The van der Waals surface area contributed by atoms with E-state index in [1.807, 2.05) is 0 Å². The van der Waals surface area contributed by atoms with Crippen LogP contribution in [0.2, 0.25) is 0 Å². The van der Waals surface area contributed by atoms with E-state index in [9.17, 15) is 14.0 Å². The highest BCUT2D eigenvalue weighted by atomic mass is 19.1. The number of aromatic nitrogens is 2. The molecule has 0 unspecified atom stereocenters. The number of carbonyl (C=O) groups is 1. The van der Waals surface area contributed by atoms with Crippen molar-refractivity contribution >= 4 is 5.97 Å². The fraction of sp³-hybridized carbons (Fsp3) is 0.0833. The summed E-state index contributed by atoms with van der Waals surface area (Å²) in [4.78, 5) is 28.7. The maximum Gasteiger partial charge on any atom is 0.337 e. The smallest absolute Gasteiger partial charge is 0.337 e. The van der Waals surface area contributed by atoms with E-state index in [0.717, 1.165) is 12.3 Å². The summed E-state index contributed by atoms with van der Waals surface area (Å²) in [5, 5.41) is 0. The predicted molar refractivity (Wildman–Crippen MR) is 61.6 cm³/mol. The van der Waals surface area contributed by atoms with Crippen molar-refractivity contribution < 1.29 is 13.9 Å². The topological polar surface area (TPSA) is 72.0 Å². The van der Waals surface area contributed by atoms with Gasteiger partial charge in [0.2, 0.25) is 0 Å². The Labute approximate surface area is 101 Å². The normalized spacial score (nSPS) is 10.1. The van der Waals surface area contributed by atoms with E-state index in [4.69, 9.17) is 0 Å². The lowest BCUT2D eigenvalue weighted by atomic mass is 10.1. The molecule has 0 aliphatic rings. The minimum Gasteiger partial charge on any atom is -0.465 e. The molecule has 1 aromatic carbocycles. The highest BCUT2D eigenvalue weighted by Crippen LogP contribution is 2.19. The monoisotopic (exact) mass is 248 g/mol. The number of carbonyl (C=O) groups excluding carboxylic acids is 1. The molecule has 18 heavy (non-hydrogen) atoms. The van der Waals surface area contributed by atoms with E-state index < -0.39 is 17.3 Å². The van der Waals surface area contributed by atoms with Crippen molar-refractivity contribution in [2.75, 3.05) is 7.11 Å². The lowest BCUT2D eigenvalue weighted by Gasteiger charge is -2.04. The number of methoxy groups -OCH3 is 1. The molecule has 92 valence electrons. The van der Waals surface area contributed by atoms with Crippen LogP contribution in [0.25, 0.3) is 11.3 Å². The molecule has 1 heterocycles. The van der Waals surface area contributed by atoms with Crippen molar-refractivity contribution in [3.63, 3.8) is 0 Å². The second-order valence-electron chi connectivity index (χ2n) is 3.53. The van der Waals surface area contributed by atoms with Crippen molar-refractivity contribution in [3.8, 4) is 11.3 Å². The molecule has 1 N–H and O–H groups in total. The minimum absolute atomic E-state index is 0.0669. The summed E-state index contributed by atoms with van der Waals surface area (Å²) >= 11 is 0. The van der Waals surface area contributed by atoms with Gasteiger partial charge in [0.15, 0.2) is 0 Å². The highest BCUT2D eigenvalue weighted by molar-refractivity contribution is 5.90. The van der Waals surface area contributed by atoms with Crippen molar-refractivity contribution in [3.05, 3.63) is 52.3 Å². The highest BCUT2D eigenvalue weighted by Gasteiger charge is 2.10. The Kier molecular flexibility index (Phi) is 3.18. The second-order valence-corrected chi connectivity index (χ2v) is 3.53. The second kappa shape index (κ2) is 4.79. The third kappa shape index (κ3) is 2.42. The molecule has 0 fully saturated rings. The zero-order chi connectivity index (χ0) is 13.1. The van der Waals surface area contributed by atoms with Crippen LogP contribution in [0.4, 0.5) is 4.39 Å². The van der Waals surface area contributed by atoms with Gasteiger partial charge in [-0.25, -0.2) is 9.18 Å². The Morgan fingerprint density at radius 2 is 2.11 bits per heavy atom. The first-order valence-corrected chi connectivity index (χ1v) is 5.04. The number of nitrogens with zero attached hydrogens (tertiary/aromatic N) is 1. The molecule has 2 rings (SSSR count). The fourth-order valence-electron chi connectivity index (χ4n) is 1.50. The summed E-state index contributed by atoms with van der Waals surface area (Å²) in [6, 6.07) is 3.67. The molecule has 0 amide bonds. The van der Waals surface area contributed by atoms with E-state index in [2.05, 4.69) is 14.7 Å². The van der Waals surface area contributed by atoms with E-state index in [1.54, 1.807) is 0 Å². The molecular formula is C12H9FN2O3. The Bertz CT molecular complexity index is 652. The van der Waals surface area contributed by atoms with Gasteiger partial charge in [-0.15, -0.1) is 0 Å². The summed E-state index contributed by atoms with van der Waals surface area (Å²) < 4.78 is 17.9. The van der Waals surface area contributed by atoms with Gasteiger partial charge in [-0.05, 0) is 18.2 Å². The number of aromatic amines is 1. The van der Waals surface area contributed by atoms with E-state index in [1.165, 1.54) is 25.4 Å². The molecule has 0 saturated heterocycles. The molecule has 0 aliphatic heterocycles. The van der Waals surface area contributed by atoms with Crippen LogP contribution in [-0.2, 0) is 4.74 Å².